The van der Waals surface area contributed by atoms with Crippen LogP contribution in [0.3, 0.4) is 0 Å². The van der Waals surface area contributed by atoms with E-state index in [1.165, 1.54) is 56.6 Å². The maximum Gasteiger partial charge on any atom is 0.328 e. The van der Waals surface area contributed by atoms with Crippen LogP contribution in [0.2, 0.25) is 0 Å². The van der Waals surface area contributed by atoms with Crippen LogP contribution in [0.1, 0.15) is 93.0 Å². The van der Waals surface area contributed by atoms with Crippen LogP contribution in [-0.2, 0) is 9.53 Å². The molecule has 5 nitrogen and oxygen atoms in total. The minimum Gasteiger partial charge on any atom is -0.493 e. The van der Waals surface area contributed by atoms with E-state index < -0.39 is 23.7 Å². The lowest BCUT2D eigenvalue weighted by Gasteiger charge is -2.56. The van der Waals surface area contributed by atoms with E-state index in [2.05, 4.69) is 0 Å². The molecule has 1 aromatic carbocycles. The van der Waals surface area contributed by atoms with Crippen molar-refractivity contribution in [1.29, 1.82) is 0 Å². The van der Waals surface area contributed by atoms with E-state index in [1.54, 1.807) is 6.07 Å². The summed E-state index contributed by atoms with van der Waals surface area (Å²) in [6, 6.07) is 2.52. The number of halogens is 1. The summed E-state index contributed by atoms with van der Waals surface area (Å²) < 4.78 is 26.9. The van der Waals surface area contributed by atoms with Crippen molar-refractivity contribution in [1.82, 2.24) is 4.90 Å². The van der Waals surface area contributed by atoms with Crippen LogP contribution in [0, 0.1) is 34.9 Å². The summed E-state index contributed by atoms with van der Waals surface area (Å²) in [4.78, 5) is 27.5. The molecular weight excluding hydrogens is 445 g/mol. The summed E-state index contributed by atoms with van der Waals surface area (Å²) in [6.07, 6.45) is 11.5. The molecule has 0 N–H and O–H groups in total. The normalized spacial score (nSPS) is 35.4. The average Bonchev–Trinajstić information content (AvgIpc) is 3.58. The van der Waals surface area contributed by atoms with E-state index in [0.717, 1.165) is 49.0 Å². The fourth-order valence-electron chi connectivity index (χ4n) is 8.38. The first-order chi connectivity index (χ1) is 16.9. The van der Waals surface area contributed by atoms with Crippen LogP contribution in [0.5, 0.6) is 5.75 Å². The highest BCUT2D eigenvalue weighted by Crippen LogP contribution is 2.60. The second kappa shape index (κ2) is 8.77. The molecule has 0 spiro atoms. The molecule has 0 aromatic heterocycles. The second-order valence-corrected chi connectivity index (χ2v) is 12.3. The number of methoxy groups -OCH3 is 1. The Bertz CT molecular complexity index is 983. The molecule has 0 radical (unpaired) electrons. The Hall–Kier alpha value is -2.11. The minimum atomic E-state index is -0.645. The Labute approximate surface area is 207 Å². The molecule has 190 valence electrons. The van der Waals surface area contributed by atoms with Crippen LogP contribution in [0.15, 0.2) is 12.1 Å². The number of hydrogen-bond acceptors (Lipinski definition) is 4. The minimum absolute atomic E-state index is 0.0419. The van der Waals surface area contributed by atoms with Crippen LogP contribution in [-0.4, -0.2) is 43.1 Å². The lowest BCUT2D eigenvalue weighted by Crippen LogP contribution is -2.48. The van der Waals surface area contributed by atoms with Gasteiger partial charge in [0.15, 0.2) is 0 Å². The smallest absolute Gasteiger partial charge is 0.328 e. The zero-order valence-electron chi connectivity index (χ0n) is 21.1. The number of ether oxygens (including phenoxy) is 2. The second-order valence-electron chi connectivity index (χ2n) is 12.3. The van der Waals surface area contributed by atoms with Gasteiger partial charge in [0.25, 0.3) is 5.91 Å². The third-order valence-electron chi connectivity index (χ3n) is 9.80. The number of carbonyl (C=O) groups excluding carboxylic acids is 2. The molecule has 1 amide bonds. The van der Waals surface area contributed by atoms with Gasteiger partial charge in [-0.25, -0.2) is 9.18 Å². The Morgan fingerprint density at radius 1 is 1.06 bits per heavy atom. The van der Waals surface area contributed by atoms with E-state index in [4.69, 9.17) is 9.47 Å². The molecule has 1 aliphatic heterocycles. The maximum atomic E-state index is 15.4. The molecule has 1 heterocycles. The fraction of sp³-hybridized carbons (Fsp3) is 0.724. The van der Waals surface area contributed by atoms with Gasteiger partial charge in [-0.3, -0.25) is 4.79 Å². The molecule has 5 aliphatic carbocycles. The number of hydrogen-bond donors (Lipinski definition) is 0. The standard InChI is InChI=1S/C29H38FNO4/c1-3-20-6-7-31(26(20)28(33)34-2)27(32)23-11-22(21-4-5-21)25(12-24(23)30)35-16-29-13-17-8-18(14-29)10-19(9-17)15-29/h11-12,17-21,26H,3-10,13-16H2,1-2H3/t17?,18?,19?,20-,26?,29?/m0/s1. The number of esters is 1. The van der Waals surface area contributed by atoms with E-state index >= 15 is 4.39 Å². The summed E-state index contributed by atoms with van der Waals surface area (Å²) in [5.41, 5.74) is 1.26. The number of rotatable bonds is 7. The van der Waals surface area contributed by atoms with Gasteiger partial charge in [-0.2, -0.15) is 0 Å². The molecule has 1 aromatic rings. The monoisotopic (exact) mass is 483 g/mol. The average molecular weight is 484 g/mol. The van der Waals surface area contributed by atoms with Crippen LogP contribution >= 0.6 is 0 Å². The number of likely N-dealkylation sites (tertiary alicyclic amines) is 1. The van der Waals surface area contributed by atoms with Gasteiger partial charge in [0.05, 0.1) is 19.3 Å². The highest BCUT2D eigenvalue weighted by Gasteiger charge is 2.51. The van der Waals surface area contributed by atoms with Crippen molar-refractivity contribution in [3.8, 4) is 5.75 Å². The Morgan fingerprint density at radius 2 is 1.71 bits per heavy atom. The van der Waals surface area contributed by atoms with Gasteiger partial charge in [0, 0.05) is 18.0 Å². The molecule has 7 rings (SSSR count). The lowest BCUT2D eigenvalue weighted by molar-refractivity contribution is -0.146. The van der Waals surface area contributed by atoms with Gasteiger partial charge in [-0.1, -0.05) is 13.3 Å². The molecule has 6 aliphatic rings. The fourth-order valence-corrected chi connectivity index (χ4v) is 8.38. The molecule has 6 heteroatoms. The van der Waals surface area contributed by atoms with E-state index in [9.17, 15) is 9.59 Å². The quantitative estimate of drug-likeness (QED) is 0.466. The molecule has 5 saturated carbocycles. The van der Waals surface area contributed by atoms with Gasteiger partial charge in [0.2, 0.25) is 0 Å². The van der Waals surface area contributed by atoms with Crippen molar-refractivity contribution in [2.24, 2.45) is 29.1 Å². The number of carbonyl (C=O) groups is 2. The van der Waals surface area contributed by atoms with Gasteiger partial charge in [-0.05, 0) is 99.0 Å². The first-order valence-corrected chi connectivity index (χ1v) is 13.7. The first-order valence-electron chi connectivity index (χ1n) is 13.7. The van der Waals surface area contributed by atoms with Crippen molar-refractivity contribution in [3.63, 3.8) is 0 Å². The number of amides is 1. The van der Waals surface area contributed by atoms with Crippen molar-refractivity contribution < 1.29 is 23.5 Å². The van der Waals surface area contributed by atoms with Crippen molar-refractivity contribution in [2.45, 2.75) is 83.1 Å². The van der Waals surface area contributed by atoms with Crippen molar-refractivity contribution in [3.05, 3.63) is 29.1 Å². The van der Waals surface area contributed by atoms with E-state index in [0.29, 0.717) is 24.8 Å². The maximum absolute atomic E-state index is 15.4. The largest absolute Gasteiger partial charge is 0.493 e. The summed E-state index contributed by atoms with van der Waals surface area (Å²) in [6.45, 7) is 3.12. The highest BCUT2D eigenvalue weighted by atomic mass is 19.1. The SMILES string of the molecule is CC[C@H]1CCN(C(=O)c2cc(C3CC3)c(OCC34CC5CC(CC(C5)C3)C4)cc2F)C1C(=O)OC. The van der Waals surface area contributed by atoms with Gasteiger partial charge >= 0.3 is 5.97 Å². The molecule has 4 bridgehead atoms. The third-order valence-corrected chi connectivity index (χ3v) is 9.80. The van der Waals surface area contributed by atoms with Crippen LogP contribution < -0.4 is 4.74 Å². The van der Waals surface area contributed by atoms with Gasteiger partial charge in [0.1, 0.15) is 17.6 Å². The van der Waals surface area contributed by atoms with E-state index in [1.807, 2.05) is 6.92 Å². The van der Waals surface area contributed by atoms with E-state index in [-0.39, 0.29) is 16.9 Å². The predicted octanol–water partition coefficient (Wildman–Crippen LogP) is 5.71. The Kier molecular flexibility index (Phi) is 5.84. The molecular formula is C29H38FNO4. The molecule has 1 unspecified atom stereocenters. The Balaban J connectivity index is 1.24. The summed E-state index contributed by atoms with van der Waals surface area (Å²) >= 11 is 0. The van der Waals surface area contributed by atoms with Crippen LogP contribution in [0.4, 0.5) is 4.39 Å². The summed E-state index contributed by atoms with van der Waals surface area (Å²) in [5, 5.41) is 0. The van der Waals surface area contributed by atoms with Gasteiger partial charge < -0.3 is 14.4 Å². The zero-order valence-corrected chi connectivity index (χ0v) is 21.1. The predicted molar refractivity (Wildman–Crippen MR) is 130 cm³/mol. The molecule has 6 fully saturated rings. The Morgan fingerprint density at radius 3 is 2.29 bits per heavy atom. The van der Waals surface area contributed by atoms with Gasteiger partial charge in [-0.15, -0.1) is 0 Å². The third kappa shape index (κ3) is 4.15. The number of nitrogens with zero attached hydrogens (tertiary/aromatic N) is 1. The first kappa shape index (κ1) is 23.3. The summed E-state index contributed by atoms with van der Waals surface area (Å²) in [7, 11) is 1.34. The summed E-state index contributed by atoms with van der Waals surface area (Å²) in [5.74, 6) is 2.15. The highest BCUT2D eigenvalue weighted by molar-refractivity contribution is 5.98. The topological polar surface area (TPSA) is 55.8 Å². The van der Waals surface area contributed by atoms with Crippen LogP contribution in [0.25, 0.3) is 0 Å². The lowest BCUT2D eigenvalue weighted by atomic mass is 9.50. The number of benzene rings is 1. The van der Waals surface area contributed by atoms with Crippen molar-refractivity contribution >= 4 is 11.9 Å². The van der Waals surface area contributed by atoms with Crippen molar-refractivity contribution in [2.75, 3.05) is 20.3 Å². The molecule has 35 heavy (non-hydrogen) atoms. The zero-order chi connectivity index (χ0) is 24.3. The molecule has 1 saturated heterocycles. The molecule has 2 atom stereocenters.